The van der Waals surface area contributed by atoms with Crippen LogP contribution in [0.4, 0.5) is 0 Å². The first-order valence-corrected chi connectivity index (χ1v) is 4.61. The van der Waals surface area contributed by atoms with E-state index in [1.807, 2.05) is 0 Å². The van der Waals surface area contributed by atoms with Crippen LogP contribution in [0.3, 0.4) is 0 Å². The molecule has 0 aromatic rings. The molecule has 0 bridgehead atoms. The van der Waals surface area contributed by atoms with Gasteiger partial charge in [-0.15, -0.1) is 0 Å². The molecule has 0 aromatic heterocycles. The van der Waals surface area contributed by atoms with Crippen LogP contribution < -0.4 is 0 Å². The Hall–Kier alpha value is -0.0400. The molecule has 1 atom stereocenters. The van der Waals surface area contributed by atoms with Crippen molar-refractivity contribution in [1.29, 1.82) is 0 Å². The Balaban J connectivity index is 3.61. The molecule has 0 aromatic carbocycles. The van der Waals surface area contributed by atoms with Gasteiger partial charge < -0.3 is 4.48 Å². The van der Waals surface area contributed by atoms with Crippen LogP contribution in [-0.2, 0) is 0 Å². The highest BCUT2D eigenvalue weighted by atomic mass is 15.3. The van der Waals surface area contributed by atoms with Crippen molar-refractivity contribution in [3.05, 3.63) is 0 Å². The molecule has 11 heavy (non-hydrogen) atoms. The lowest BCUT2D eigenvalue weighted by Crippen LogP contribution is -2.38. The van der Waals surface area contributed by atoms with Crippen LogP contribution in [0.5, 0.6) is 0 Å². The van der Waals surface area contributed by atoms with E-state index in [4.69, 9.17) is 0 Å². The maximum atomic E-state index is 2.35. The van der Waals surface area contributed by atoms with E-state index in [-0.39, 0.29) is 0 Å². The molecule has 0 N–H and O–H groups in total. The van der Waals surface area contributed by atoms with E-state index in [1.165, 1.54) is 13.0 Å². The van der Waals surface area contributed by atoms with Crippen LogP contribution in [0, 0.1) is 11.8 Å². The van der Waals surface area contributed by atoms with Gasteiger partial charge in [-0.05, 0) is 12.3 Å². The van der Waals surface area contributed by atoms with Crippen LogP contribution in [-0.4, -0.2) is 32.2 Å². The van der Waals surface area contributed by atoms with Gasteiger partial charge in [0.25, 0.3) is 0 Å². The van der Waals surface area contributed by atoms with Crippen molar-refractivity contribution < 1.29 is 4.48 Å². The van der Waals surface area contributed by atoms with Crippen molar-refractivity contribution in [2.45, 2.75) is 27.2 Å². The van der Waals surface area contributed by atoms with Crippen molar-refractivity contribution in [2.24, 2.45) is 11.8 Å². The second-order valence-electron chi connectivity index (χ2n) is 5.21. The van der Waals surface area contributed by atoms with E-state index in [0.717, 1.165) is 16.3 Å². The highest BCUT2D eigenvalue weighted by Gasteiger charge is 2.14. The second kappa shape index (κ2) is 4.10. The van der Waals surface area contributed by atoms with Crippen molar-refractivity contribution in [3.8, 4) is 0 Å². The zero-order valence-electron chi connectivity index (χ0n) is 9.02. The van der Waals surface area contributed by atoms with Gasteiger partial charge in [0.05, 0.1) is 27.7 Å². The monoisotopic (exact) mass is 158 g/mol. The second-order valence-corrected chi connectivity index (χ2v) is 5.21. The molecule has 0 aliphatic carbocycles. The lowest BCUT2D eigenvalue weighted by atomic mass is 9.98. The van der Waals surface area contributed by atoms with Crippen LogP contribution in [0.25, 0.3) is 0 Å². The summed E-state index contributed by atoms with van der Waals surface area (Å²) in [6.07, 6.45) is 1.36. The fraction of sp³-hybridized carbons (Fsp3) is 1.00. The minimum absolute atomic E-state index is 0.844. The average Bonchev–Trinajstić information content (AvgIpc) is 1.53. The molecule has 0 amide bonds. The molecule has 1 heteroatoms. The normalized spacial score (nSPS) is 15.5. The zero-order chi connectivity index (χ0) is 9.07. The average molecular weight is 158 g/mol. The Morgan fingerprint density at radius 3 is 1.73 bits per heavy atom. The molecule has 0 heterocycles. The SMILES string of the molecule is CC(C)CC(C)C[N+](C)(C)C. The molecule has 0 rings (SSSR count). The van der Waals surface area contributed by atoms with Gasteiger partial charge in [0, 0.05) is 5.92 Å². The third-order valence-electron chi connectivity index (χ3n) is 1.73. The number of hydrogen-bond donors (Lipinski definition) is 0. The minimum atomic E-state index is 0.844. The predicted octanol–water partition coefficient (Wildman–Crippen LogP) is 2.37. The van der Waals surface area contributed by atoms with Crippen molar-refractivity contribution in [3.63, 3.8) is 0 Å². The third kappa shape index (κ3) is 7.86. The number of hydrogen-bond acceptors (Lipinski definition) is 0. The molecule has 0 saturated heterocycles. The summed E-state index contributed by atoms with van der Waals surface area (Å²) in [5.74, 6) is 1.70. The summed E-state index contributed by atoms with van der Waals surface area (Å²) in [5.41, 5.74) is 0. The maximum Gasteiger partial charge on any atom is 0.0806 e. The van der Waals surface area contributed by atoms with Crippen LogP contribution >= 0.6 is 0 Å². The molecule has 0 radical (unpaired) electrons. The summed E-state index contributed by atoms with van der Waals surface area (Å²) in [5, 5.41) is 0. The molecule has 0 spiro atoms. The summed E-state index contributed by atoms with van der Waals surface area (Å²) < 4.78 is 1.09. The number of nitrogens with zero attached hydrogens (tertiary/aromatic N) is 1. The Labute approximate surface area is 72.0 Å². The molecule has 0 aliphatic heterocycles. The van der Waals surface area contributed by atoms with E-state index >= 15 is 0 Å². The summed E-state index contributed by atoms with van der Waals surface area (Å²) in [7, 11) is 6.78. The highest BCUT2D eigenvalue weighted by Crippen LogP contribution is 2.13. The highest BCUT2D eigenvalue weighted by molar-refractivity contribution is 4.54. The smallest absolute Gasteiger partial charge is 0.0806 e. The van der Waals surface area contributed by atoms with Crippen LogP contribution in [0.2, 0.25) is 0 Å². The molecule has 0 aliphatic rings. The Morgan fingerprint density at radius 2 is 1.45 bits per heavy atom. The van der Waals surface area contributed by atoms with Crippen LogP contribution in [0.15, 0.2) is 0 Å². The first-order valence-electron chi connectivity index (χ1n) is 4.61. The first-order chi connectivity index (χ1) is 4.81. The Bertz CT molecular complexity index is 99.9. The summed E-state index contributed by atoms with van der Waals surface area (Å²) >= 11 is 0. The molecule has 0 saturated carbocycles. The van der Waals surface area contributed by atoms with Crippen molar-refractivity contribution in [1.82, 2.24) is 0 Å². The van der Waals surface area contributed by atoms with Gasteiger partial charge in [-0.2, -0.15) is 0 Å². The predicted molar refractivity (Wildman–Crippen MR) is 51.5 cm³/mol. The van der Waals surface area contributed by atoms with Gasteiger partial charge in [-0.1, -0.05) is 20.8 Å². The lowest BCUT2D eigenvalue weighted by molar-refractivity contribution is -0.873. The van der Waals surface area contributed by atoms with Gasteiger partial charge in [-0.25, -0.2) is 0 Å². The fourth-order valence-electron chi connectivity index (χ4n) is 1.81. The standard InChI is InChI=1S/C10H24N/c1-9(2)7-10(3)8-11(4,5)6/h9-10H,7-8H2,1-6H3/q+1. The molecular weight excluding hydrogens is 134 g/mol. The molecule has 1 nitrogen and oxygen atoms in total. The minimum Gasteiger partial charge on any atom is -0.331 e. The Morgan fingerprint density at radius 1 is 1.00 bits per heavy atom. The van der Waals surface area contributed by atoms with Gasteiger partial charge in [-0.3, -0.25) is 0 Å². The Kier molecular flexibility index (Phi) is 4.09. The molecule has 0 fully saturated rings. The summed E-state index contributed by atoms with van der Waals surface area (Å²) in [4.78, 5) is 0. The van der Waals surface area contributed by atoms with E-state index < -0.39 is 0 Å². The van der Waals surface area contributed by atoms with Crippen LogP contribution in [0.1, 0.15) is 27.2 Å². The van der Waals surface area contributed by atoms with Gasteiger partial charge in [0.15, 0.2) is 0 Å². The number of rotatable bonds is 4. The number of quaternary nitrogens is 1. The van der Waals surface area contributed by atoms with Crippen molar-refractivity contribution >= 4 is 0 Å². The quantitative estimate of drug-likeness (QED) is 0.551. The summed E-state index contributed by atoms with van der Waals surface area (Å²) in [6.45, 7) is 8.24. The van der Waals surface area contributed by atoms with Gasteiger partial charge in [0.2, 0.25) is 0 Å². The van der Waals surface area contributed by atoms with E-state index in [1.54, 1.807) is 0 Å². The van der Waals surface area contributed by atoms with Gasteiger partial charge in [0.1, 0.15) is 0 Å². The molecule has 1 unspecified atom stereocenters. The first kappa shape index (κ1) is 11.0. The summed E-state index contributed by atoms with van der Waals surface area (Å²) in [6, 6.07) is 0. The van der Waals surface area contributed by atoms with E-state index in [2.05, 4.69) is 41.9 Å². The maximum absolute atomic E-state index is 2.35. The lowest BCUT2D eigenvalue weighted by Gasteiger charge is -2.28. The fourth-order valence-corrected chi connectivity index (χ4v) is 1.81. The molecular formula is C10H24N+. The van der Waals surface area contributed by atoms with E-state index in [9.17, 15) is 0 Å². The third-order valence-corrected chi connectivity index (χ3v) is 1.73. The van der Waals surface area contributed by atoms with Gasteiger partial charge >= 0.3 is 0 Å². The zero-order valence-corrected chi connectivity index (χ0v) is 9.02. The van der Waals surface area contributed by atoms with Crippen molar-refractivity contribution in [2.75, 3.05) is 27.7 Å². The largest absolute Gasteiger partial charge is 0.331 e. The topological polar surface area (TPSA) is 0 Å². The van der Waals surface area contributed by atoms with E-state index in [0.29, 0.717) is 0 Å². The molecule has 68 valence electrons.